The van der Waals surface area contributed by atoms with Gasteiger partial charge >= 0.3 is 0 Å². The van der Waals surface area contributed by atoms with E-state index in [1.165, 1.54) is 0 Å². The van der Waals surface area contributed by atoms with Crippen molar-refractivity contribution in [1.82, 2.24) is 0 Å². The lowest BCUT2D eigenvalue weighted by molar-refractivity contribution is -0.122. The van der Waals surface area contributed by atoms with Crippen molar-refractivity contribution in [2.45, 2.75) is 64.2 Å². The molecule has 2 rings (SSSR count). The second-order valence-electron chi connectivity index (χ2n) is 7.80. The summed E-state index contributed by atoms with van der Waals surface area (Å²) < 4.78 is 6.10. The van der Waals surface area contributed by atoms with Crippen molar-refractivity contribution >= 4 is 34.8 Å². The average molecular weight is 391 g/mol. The van der Waals surface area contributed by atoms with Crippen molar-refractivity contribution in [2.24, 2.45) is 23.7 Å². The Morgan fingerprint density at radius 3 is 1.64 bits per heavy atom. The Balaban J connectivity index is 1.82. The highest BCUT2D eigenvalue weighted by Crippen LogP contribution is 2.33. The molecule has 0 aromatic carbocycles. The summed E-state index contributed by atoms with van der Waals surface area (Å²) in [7, 11) is 0. The molecule has 0 N–H and O–H groups in total. The molecule has 0 radical (unpaired) electrons. The number of halogens is 2. The average Bonchev–Trinajstić information content (AvgIpc) is 2.60. The van der Waals surface area contributed by atoms with E-state index in [2.05, 4.69) is 0 Å². The molecule has 2 aliphatic carbocycles. The summed E-state index contributed by atoms with van der Waals surface area (Å²) in [4.78, 5) is 23.5. The van der Waals surface area contributed by atoms with Crippen molar-refractivity contribution in [3.05, 3.63) is 0 Å². The highest BCUT2D eigenvalue weighted by Gasteiger charge is 2.29. The molecule has 0 aromatic rings. The second kappa shape index (κ2) is 11.6. The number of carbonyl (C=O) groups is 2. The first-order valence-corrected chi connectivity index (χ1v) is 10.9. The number of carbonyl (C=O) groups excluding carboxylic acids is 2. The molecule has 5 heteroatoms. The Bertz CT molecular complexity index is 389. The molecule has 0 aromatic heterocycles. The molecule has 2 saturated carbocycles. The Labute approximate surface area is 162 Å². The first-order chi connectivity index (χ1) is 12.1. The van der Waals surface area contributed by atoms with Crippen molar-refractivity contribution < 1.29 is 14.3 Å². The summed E-state index contributed by atoms with van der Waals surface area (Å²) in [5, 5.41) is 0. The van der Waals surface area contributed by atoms with Gasteiger partial charge in [-0.2, -0.15) is 0 Å². The molecule has 0 spiro atoms. The molecule has 0 heterocycles. The van der Waals surface area contributed by atoms with Crippen LogP contribution in [0.2, 0.25) is 0 Å². The van der Waals surface area contributed by atoms with Gasteiger partial charge in [0, 0.05) is 50.7 Å². The van der Waals surface area contributed by atoms with Gasteiger partial charge in [-0.05, 0) is 62.2 Å². The fourth-order valence-electron chi connectivity index (χ4n) is 4.48. The minimum atomic E-state index is 0.367. The van der Waals surface area contributed by atoms with E-state index in [0.29, 0.717) is 73.1 Å². The summed E-state index contributed by atoms with van der Waals surface area (Å²) in [6, 6.07) is 0. The number of ketones is 2. The number of alkyl halides is 2. The maximum absolute atomic E-state index is 11.8. The van der Waals surface area contributed by atoms with E-state index in [-0.39, 0.29) is 0 Å². The monoisotopic (exact) mass is 390 g/mol. The predicted octanol–water partition coefficient (Wildman–Crippen LogP) is 5.01. The third-order valence-corrected chi connectivity index (χ3v) is 6.43. The lowest BCUT2D eigenvalue weighted by Gasteiger charge is -2.32. The number of rotatable bonds is 10. The lowest BCUT2D eigenvalue weighted by atomic mass is 9.78. The van der Waals surface area contributed by atoms with Gasteiger partial charge in [0.15, 0.2) is 0 Å². The van der Waals surface area contributed by atoms with Gasteiger partial charge in [0.1, 0.15) is 11.6 Å². The quantitative estimate of drug-likeness (QED) is 0.492. The Morgan fingerprint density at radius 1 is 0.840 bits per heavy atom. The van der Waals surface area contributed by atoms with E-state index < -0.39 is 0 Å². The molecule has 144 valence electrons. The van der Waals surface area contributed by atoms with E-state index in [0.717, 1.165) is 51.4 Å². The highest BCUT2D eigenvalue weighted by atomic mass is 35.5. The topological polar surface area (TPSA) is 43.4 Å². The van der Waals surface area contributed by atoms with Crippen LogP contribution in [0, 0.1) is 23.7 Å². The second-order valence-corrected chi connectivity index (χ2v) is 8.56. The molecule has 3 nitrogen and oxygen atoms in total. The fraction of sp³-hybridized carbons (Fsp3) is 0.900. The highest BCUT2D eigenvalue weighted by molar-refractivity contribution is 6.18. The van der Waals surface area contributed by atoms with Crippen LogP contribution in [-0.4, -0.2) is 36.5 Å². The third-order valence-electron chi connectivity index (χ3n) is 6.00. The van der Waals surface area contributed by atoms with Crippen LogP contribution in [0.5, 0.6) is 0 Å². The van der Waals surface area contributed by atoms with Crippen LogP contribution < -0.4 is 0 Å². The molecule has 4 atom stereocenters. The third kappa shape index (κ3) is 7.19. The molecule has 0 saturated heterocycles. The Kier molecular flexibility index (Phi) is 9.80. The molecule has 2 aliphatic rings. The van der Waals surface area contributed by atoms with Crippen molar-refractivity contribution in [1.29, 1.82) is 0 Å². The van der Waals surface area contributed by atoms with E-state index >= 15 is 0 Å². The van der Waals surface area contributed by atoms with E-state index in [1.807, 2.05) is 0 Å². The van der Waals surface area contributed by atoms with Gasteiger partial charge in [0.2, 0.25) is 0 Å². The number of Topliss-reactive ketones (excluding diaryl/α,β-unsaturated/α-hetero) is 2. The van der Waals surface area contributed by atoms with Crippen LogP contribution in [-0.2, 0) is 14.3 Å². The van der Waals surface area contributed by atoms with Crippen LogP contribution >= 0.6 is 23.2 Å². The smallest absolute Gasteiger partial charge is 0.133 e. The number of hydrogen-bond donors (Lipinski definition) is 0. The summed E-state index contributed by atoms with van der Waals surface area (Å²) in [5.41, 5.74) is 0. The van der Waals surface area contributed by atoms with Gasteiger partial charge in [-0.15, -0.1) is 23.2 Å². The summed E-state index contributed by atoms with van der Waals surface area (Å²) in [6.07, 6.45) is 8.88. The van der Waals surface area contributed by atoms with E-state index in [9.17, 15) is 9.59 Å². The van der Waals surface area contributed by atoms with Crippen LogP contribution in [0.15, 0.2) is 0 Å². The van der Waals surface area contributed by atoms with Crippen LogP contribution in [0.3, 0.4) is 0 Å². The molecular formula is C20H32Cl2O3. The lowest BCUT2D eigenvalue weighted by Crippen LogP contribution is -2.30. The molecule has 25 heavy (non-hydrogen) atoms. The van der Waals surface area contributed by atoms with Gasteiger partial charge in [-0.1, -0.05) is 0 Å². The summed E-state index contributed by atoms with van der Waals surface area (Å²) in [5.74, 6) is 3.57. The zero-order valence-corrected chi connectivity index (χ0v) is 16.7. The maximum Gasteiger partial charge on any atom is 0.133 e. The van der Waals surface area contributed by atoms with E-state index in [1.54, 1.807) is 0 Å². The largest absolute Gasteiger partial charge is 0.381 e. The zero-order chi connectivity index (χ0) is 18.1. The molecular weight excluding hydrogens is 359 g/mol. The van der Waals surface area contributed by atoms with Crippen LogP contribution in [0.1, 0.15) is 64.2 Å². The standard InChI is InChI=1S/C20H32Cl2O3/c21-9-7-17(15-3-1-5-19(23)11-15)13-25-14-18(8-10-22)16-4-2-6-20(24)12-16/h15-18H,1-14H2. The first kappa shape index (κ1) is 21.2. The van der Waals surface area contributed by atoms with Crippen molar-refractivity contribution in [2.75, 3.05) is 25.0 Å². The van der Waals surface area contributed by atoms with Crippen LogP contribution in [0.25, 0.3) is 0 Å². The predicted molar refractivity (Wildman–Crippen MR) is 102 cm³/mol. The molecule has 0 aliphatic heterocycles. The van der Waals surface area contributed by atoms with Crippen molar-refractivity contribution in [3.63, 3.8) is 0 Å². The fourth-order valence-corrected chi connectivity index (χ4v) is 5.04. The number of hydrogen-bond acceptors (Lipinski definition) is 3. The summed E-state index contributed by atoms with van der Waals surface area (Å²) in [6.45, 7) is 1.34. The molecule has 4 unspecified atom stereocenters. The van der Waals surface area contributed by atoms with E-state index in [4.69, 9.17) is 27.9 Å². The zero-order valence-electron chi connectivity index (χ0n) is 15.2. The van der Waals surface area contributed by atoms with Gasteiger partial charge in [-0.25, -0.2) is 0 Å². The van der Waals surface area contributed by atoms with Gasteiger partial charge in [0.05, 0.1) is 0 Å². The molecule has 2 fully saturated rings. The Hall–Kier alpha value is -0.120. The first-order valence-electron chi connectivity index (χ1n) is 9.87. The Morgan fingerprint density at radius 2 is 1.28 bits per heavy atom. The molecule has 0 amide bonds. The van der Waals surface area contributed by atoms with Gasteiger partial charge < -0.3 is 4.74 Å². The SMILES string of the molecule is O=C1CCCC(C(CCCl)COCC(CCCl)C2CCCC(=O)C2)C1. The van der Waals surface area contributed by atoms with Crippen LogP contribution in [0.4, 0.5) is 0 Å². The summed E-state index contributed by atoms with van der Waals surface area (Å²) >= 11 is 12.0. The normalized spacial score (nSPS) is 27.3. The minimum Gasteiger partial charge on any atom is -0.381 e. The van der Waals surface area contributed by atoms with Gasteiger partial charge in [0.25, 0.3) is 0 Å². The molecule has 0 bridgehead atoms. The maximum atomic E-state index is 11.8. The number of ether oxygens (including phenoxy) is 1. The van der Waals surface area contributed by atoms with Crippen molar-refractivity contribution in [3.8, 4) is 0 Å². The minimum absolute atomic E-state index is 0.367. The van der Waals surface area contributed by atoms with Gasteiger partial charge in [-0.3, -0.25) is 9.59 Å².